The number of methoxy groups -OCH3 is 1. The number of ether oxygens (including phenoxy) is 2. The van der Waals surface area contributed by atoms with Crippen molar-refractivity contribution in [1.29, 1.82) is 0 Å². The Balaban J connectivity index is 1.94. The third-order valence-corrected chi connectivity index (χ3v) is 4.25. The summed E-state index contributed by atoms with van der Waals surface area (Å²) in [7, 11) is 1.72. The summed E-state index contributed by atoms with van der Waals surface area (Å²) in [5, 5.41) is 3.36. The lowest BCUT2D eigenvalue weighted by atomic mass is 9.66. The zero-order chi connectivity index (χ0) is 11.9. The topological polar surface area (TPSA) is 30.5 Å². The fourth-order valence-electron chi connectivity index (χ4n) is 2.83. The zero-order valence-corrected chi connectivity index (χ0v) is 10.5. The number of hydrogen-bond donors (Lipinski definition) is 1. The minimum atomic E-state index is 0.252. The molecule has 3 nitrogen and oxygen atoms in total. The molecule has 0 aliphatic carbocycles. The van der Waals surface area contributed by atoms with Gasteiger partial charge in [0.05, 0.1) is 20.3 Å². The van der Waals surface area contributed by atoms with Crippen molar-refractivity contribution in [1.82, 2.24) is 5.32 Å². The quantitative estimate of drug-likeness (QED) is 0.858. The second-order valence-electron chi connectivity index (χ2n) is 5.19. The van der Waals surface area contributed by atoms with Gasteiger partial charge in [0, 0.05) is 18.5 Å². The summed E-state index contributed by atoms with van der Waals surface area (Å²) in [6.07, 6.45) is 0. The molecule has 2 aliphatic rings. The van der Waals surface area contributed by atoms with Crippen molar-refractivity contribution in [3.8, 4) is 5.75 Å². The molecule has 0 spiro atoms. The molecule has 0 saturated carbocycles. The Morgan fingerprint density at radius 1 is 1.35 bits per heavy atom. The van der Waals surface area contributed by atoms with E-state index in [-0.39, 0.29) is 5.41 Å². The molecular formula is C14H19NO2. The first-order chi connectivity index (χ1) is 8.26. The Kier molecular flexibility index (Phi) is 2.60. The highest BCUT2D eigenvalue weighted by molar-refractivity contribution is 5.41. The number of aryl methyl sites for hydroxylation is 1. The van der Waals surface area contributed by atoms with Gasteiger partial charge in [-0.15, -0.1) is 0 Å². The van der Waals surface area contributed by atoms with Gasteiger partial charge in [0.25, 0.3) is 0 Å². The molecule has 17 heavy (non-hydrogen) atoms. The predicted octanol–water partition coefficient (Wildman–Crippen LogP) is 1.49. The van der Waals surface area contributed by atoms with Crippen molar-refractivity contribution in [2.75, 3.05) is 33.4 Å². The van der Waals surface area contributed by atoms with Gasteiger partial charge in [0.2, 0.25) is 0 Å². The van der Waals surface area contributed by atoms with E-state index >= 15 is 0 Å². The molecule has 2 aliphatic heterocycles. The standard InChI is InChI=1S/C14H19NO2/c1-10-5-11(3-4-13(10)16-2)14(8-17-9-14)12-6-15-7-12/h3-5,12,15H,6-9H2,1-2H3. The van der Waals surface area contributed by atoms with Gasteiger partial charge in [-0.1, -0.05) is 12.1 Å². The maximum Gasteiger partial charge on any atom is 0.121 e. The van der Waals surface area contributed by atoms with Crippen LogP contribution in [-0.2, 0) is 10.2 Å². The van der Waals surface area contributed by atoms with E-state index in [2.05, 4.69) is 30.4 Å². The molecule has 3 rings (SSSR count). The molecule has 2 fully saturated rings. The Morgan fingerprint density at radius 2 is 2.12 bits per heavy atom. The van der Waals surface area contributed by atoms with Crippen LogP contribution in [0.5, 0.6) is 5.75 Å². The number of rotatable bonds is 3. The first kappa shape index (κ1) is 11.1. The highest BCUT2D eigenvalue weighted by Gasteiger charge is 2.49. The van der Waals surface area contributed by atoms with Crippen LogP contribution in [0.3, 0.4) is 0 Å². The van der Waals surface area contributed by atoms with E-state index in [1.807, 2.05) is 0 Å². The highest BCUT2D eigenvalue weighted by atomic mass is 16.5. The molecule has 0 radical (unpaired) electrons. The summed E-state index contributed by atoms with van der Waals surface area (Å²) in [5.41, 5.74) is 2.87. The molecule has 1 aromatic rings. The highest BCUT2D eigenvalue weighted by Crippen LogP contribution is 2.42. The summed E-state index contributed by atoms with van der Waals surface area (Å²) < 4.78 is 10.8. The molecule has 0 amide bonds. The Morgan fingerprint density at radius 3 is 2.53 bits per heavy atom. The monoisotopic (exact) mass is 233 g/mol. The van der Waals surface area contributed by atoms with Gasteiger partial charge in [0.15, 0.2) is 0 Å². The summed E-state index contributed by atoms with van der Waals surface area (Å²) >= 11 is 0. The number of hydrogen-bond acceptors (Lipinski definition) is 3. The fraction of sp³-hybridized carbons (Fsp3) is 0.571. The van der Waals surface area contributed by atoms with Crippen molar-refractivity contribution >= 4 is 0 Å². The van der Waals surface area contributed by atoms with E-state index in [9.17, 15) is 0 Å². The number of benzene rings is 1. The molecule has 1 aromatic carbocycles. The van der Waals surface area contributed by atoms with Crippen LogP contribution in [-0.4, -0.2) is 33.4 Å². The predicted molar refractivity (Wildman–Crippen MR) is 66.6 cm³/mol. The SMILES string of the molecule is COc1ccc(C2(C3CNC3)COC2)cc1C. The van der Waals surface area contributed by atoms with Crippen LogP contribution < -0.4 is 10.1 Å². The van der Waals surface area contributed by atoms with Crippen LogP contribution in [0.1, 0.15) is 11.1 Å². The van der Waals surface area contributed by atoms with Crippen LogP contribution in [0, 0.1) is 12.8 Å². The summed E-state index contributed by atoms with van der Waals surface area (Å²) in [5.74, 6) is 1.69. The van der Waals surface area contributed by atoms with Gasteiger partial charge in [-0.05, 0) is 30.0 Å². The summed E-state index contributed by atoms with van der Waals surface area (Å²) in [6.45, 7) is 6.08. The Bertz CT molecular complexity index is 422. The molecular weight excluding hydrogens is 214 g/mol. The number of nitrogens with one attached hydrogen (secondary N) is 1. The second-order valence-corrected chi connectivity index (χ2v) is 5.19. The van der Waals surface area contributed by atoms with Crippen LogP contribution in [0.4, 0.5) is 0 Å². The molecule has 2 saturated heterocycles. The maximum atomic E-state index is 5.49. The van der Waals surface area contributed by atoms with E-state index < -0.39 is 0 Å². The minimum absolute atomic E-state index is 0.252. The van der Waals surface area contributed by atoms with E-state index in [4.69, 9.17) is 9.47 Å². The average molecular weight is 233 g/mol. The van der Waals surface area contributed by atoms with E-state index in [0.717, 1.165) is 38.0 Å². The third-order valence-electron chi connectivity index (χ3n) is 4.25. The largest absolute Gasteiger partial charge is 0.496 e. The van der Waals surface area contributed by atoms with Gasteiger partial charge in [-0.2, -0.15) is 0 Å². The zero-order valence-electron chi connectivity index (χ0n) is 10.5. The van der Waals surface area contributed by atoms with Gasteiger partial charge in [0.1, 0.15) is 5.75 Å². The lowest BCUT2D eigenvalue weighted by molar-refractivity contribution is -0.101. The molecule has 0 bridgehead atoms. The lowest BCUT2D eigenvalue weighted by Crippen LogP contribution is -2.62. The van der Waals surface area contributed by atoms with Gasteiger partial charge in [-0.25, -0.2) is 0 Å². The van der Waals surface area contributed by atoms with Crippen molar-refractivity contribution in [3.05, 3.63) is 29.3 Å². The minimum Gasteiger partial charge on any atom is -0.496 e. The first-order valence-electron chi connectivity index (χ1n) is 6.20. The maximum absolute atomic E-state index is 5.49. The van der Waals surface area contributed by atoms with Crippen LogP contribution in [0.15, 0.2) is 18.2 Å². The van der Waals surface area contributed by atoms with Gasteiger partial charge in [-0.3, -0.25) is 0 Å². The summed E-state index contributed by atoms with van der Waals surface area (Å²) in [6, 6.07) is 6.54. The molecule has 3 heteroatoms. The van der Waals surface area contributed by atoms with E-state index in [1.165, 1.54) is 11.1 Å². The first-order valence-corrected chi connectivity index (χ1v) is 6.20. The van der Waals surface area contributed by atoms with Gasteiger partial charge < -0.3 is 14.8 Å². The Labute approximate surface area is 102 Å². The average Bonchev–Trinajstić information content (AvgIpc) is 2.20. The molecule has 0 unspecified atom stereocenters. The molecule has 0 aromatic heterocycles. The van der Waals surface area contributed by atoms with Crippen molar-refractivity contribution in [3.63, 3.8) is 0 Å². The molecule has 2 heterocycles. The van der Waals surface area contributed by atoms with Crippen LogP contribution >= 0.6 is 0 Å². The molecule has 92 valence electrons. The van der Waals surface area contributed by atoms with E-state index in [1.54, 1.807) is 7.11 Å². The summed E-state index contributed by atoms with van der Waals surface area (Å²) in [4.78, 5) is 0. The van der Waals surface area contributed by atoms with E-state index in [0.29, 0.717) is 0 Å². The second kappa shape index (κ2) is 4.00. The third kappa shape index (κ3) is 1.57. The fourth-order valence-corrected chi connectivity index (χ4v) is 2.83. The Hall–Kier alpha value is -1.06. The smallest absolute Gasteiger partial charge is 0.121 e. The molecule has 0 atom stereocenters. The van der Waals surface area contributed by atoms with Crippen LogP contribution in [0.2, 0.25) is 0 Å². The van der Waals surface area contributed by atoms with Crippen molar-refractivity contribution < 1.29 is 9.47 Å². The van der Waals surface area contributed by atoms with Crippen molar-refractivity contribution in [2.45, 2.75) is 12.3 Å². The van der Waals surface area contributed by atoms with Gasteiger partial charge >= 0.3 is 0 Å². The van der Waals surface area contributed by atoms with Crippen LogP contribution in [0.25, 0.3) is 0 Å². The van der Waals surface area contributed by atoms with Crippen molar-refractivity contribution in [2.24, 2.45) is 5.92 Å². The lowest BCUT2D eigenvalue weighted by Gasteiger charge is -2.51. The molecule has 1 N–H and O–H groups in total. The normalized spacial score (nSPS) is 22.7.